The molecular weight excluding hydrogens is 312 g/mol. The number of ether oxygens (including phenoxy) is 2. The third-order valence-corrected chi connectivity index (χ3v) is 3.09. The van der Waals surface area contributed by atoms with Crippen LogP contribution in [0.15, 0.2) is 0 Å². The lowest BCUT2D eigenvalue weighted by Gasteiger charge is -2.24. The second-order valence-corrected chi connectivity index (χ2v) is 7.12. The van der Waals surface area contributed by atoms with E-state index < -0.39 is 35.7 Å². The molecule has 0 fully saturated rings. The van der Waals surface area contributed by atoms with Gasteiger partial charge < -0.3 is 20.1 Å². The lowest BCUT2D eigenvalue weighted by molar-refractivity contribution is -0.149. The van der Waals surface area contributed by atoms with Crippen molar-refractivity contribution in [1.29, 1.82) is 0 Å². The minimum Gasteiger partial charge on any atom is -0.464 e. The van der Waals surface area contributed by atoms with Crippen molar-refractivity contribution in [3.63, 3.8) is 0 Å². The molecule has 0 rings (SSSR count). The Morgan fingerprint density at radius 3 is 2.08 bits per heavy atom. The van der Waals surface area contributed by atoms with E-state index in [4.69, 9.17) is 9.47 Å². The van der Waals surface area contributed by atoms with Crippen LogP contribution in [0.4, 0.5) is 4.79 Å². The average molecular weight is 344 g/mol. The summed E-state index contributed by atoms with van der Waals surface area (Å²) in [5.74, 6) is -1.06. The summed E-state index contributed by atoms with van der Waals surface area (Å²) < 4.78 is 10.3. The maximum absolute atomic E-state index is 12.2. The largest absolute Gasteiger partial charge is 0.464 e. The molecule has 140 valence electrons. The van der Waals surface area contributed by atoms with E-state index in [1.807, 2.05) is 20.8 Å². The zero-order valence-electron chi connectivity index (χ0n) is 15.9. The summed E-state index contributed by atoms with van der Waals surface area (Å²) in [6, 6.07) is -1.58. The van der Waals surface area contributed by atoms with E-state index in [1.165, 1.54) is 6.92 Å². The van der Waals surface area contributed by atoms with E-state index in [1.54, 1.807) is 20.8 Å². The number of hydrogen-bond acceptors (Lipinski definition) is 5. The predicted molar refractivity (Wildman–Crippen MR) is 91.5 cm³/mol. The Labute approximate surface area is 144 Å². The fourth-order valence-electron chi connectivity index (χ4n) is 1.73. The van der Waals surface area contributed by atoms with Crippen LogP contribution < -0.4 is 10.6 Å². The molecule has 0 aromatic heterocycles. The molecular formula is C17H32N2O5. The molecule has 0 aromatic carbocycles. The molecule has 0 heterocycles. The SMILES string of the molecule is CCCCOC(=O)[C@H](NC(=O)[C@H](C)NC(=O)OC(C)(C)C)C(C)C. The van der Waals surface area contributed by atoms with Crippen molar-refractivity contribution in [2.75, 3.05) is 6.61 Å². The molecule has 7 heteroatoms. The molecule has 0 aromatic rings. The standard InChI is InChI=1S/C17H32N2O5/c1-8-9-10-23-15(21)13(11(2)3)19-14(20)12(4)18-16(22)24-17(5,6)7/h11-13H,8-10H2,1-7H3,(H,18,22)(H,19,20)/t12-,13+/m0/s1. The van der Waals surface area contributed by atoms with Crippen molar-refractivity contribution in [2.24, 2.45) is 5.92 Å². The van der Waals surface area contributed by atoms with Crippen LogP contribution >= 0.6 is 0 Å². The first-order chi connectivity index (χ1) is 11.0. The summed E-state index contributed by atoms with van der Waals surface area (Å²) in [7, 11) is 0. The van der Waals surface area contributed by atoms with Gasteiger partial charge in [-0.15, -0.1) is 0 Å². The lowest BCUT2D eigenvalue weighted by atomic mass is 10.0. The number of carbonyl (C=O) groups excluding carboxylic acids is 3. The molecule has 0 aliphatic heterocycles. The van der Waals surface area contributed by atoms with Gasteiger partial charge in [0.1, 0.15) is 17.7 Å². The molecule has 0 unspecified atom stereocenters. The van der Waals surface area contributed by atoms with Crippen LogP contribution in [-0.2, 0) is 19.1 Å². The number of amides is 2. The van der Waals surface area contributed by atoms with Gasteiger partial charge in [0.15, 0.2) is 0 Å². The second kappa shape index (κ2) is 10.2. The van der Waals surface area contributed by atoms with Crippen molar-refractivity contribution < 1.29 is 23.9 Å². The summed E-state index contributed by atoms with van der Waals surface area (Å²) in [6.45, 7) is 12.7. The van der Waals surface area contributed by atoms with Crippen LogP contribution in [0.2, 0.25) is 0 Å². The first kappa shape index (κ1) is 22.2. The van der Waals surface area contributed by atoms with Gasteiger partial charge in [-0.3, -0.25) is 4.79 Å². The molecule has 0 aliphatic carbocycles. The van der Waals surface area contributed by atoms with Crippen molar-refractivity contribution in [3.8, 4) is 0 Å². The third kappa shape index (κ3) is 9.37. The Balaban J connectivity index is 4.60. The molecule has 2 atom stereocenters. The topological polar surface area (TPSA) is 93.7 Å². The van der Waals surface area contributed by atoms with Crippen LogP contribution in [0.1, 0.15) is 61.3 Å². The number of esters is 1. The lowest BCUT2D eigenvalue weighted by Crippen LogP contribution is -2.53. The van der Waals surface area contributed by atoms with Crippen molar-refractivity contribution >= 4 is 18.0 Å². The van der Waals surface area contributed by atoms with E-state index in [9.17, 15) is 14.4 Å². The second-order valence-electron chi connectivity index (χ2n) is 7.12. The van der Waals surface area contributed by atoms with E-state index in [-0.39, 0.29) is 5.92 Å². The fourth-order valence-corrected chi connectivity index (χ4v) is 1.73. The number of carbonyl (C=O) groups is 3. The van der Waals surface area contributed by atoms with Crippen LogP contribution in [0.25, 0.3) is 0 Å². The molecule has 0 bridgehead atoms. The monoisotopic (exact) mass is 344 g/mol. The Morgan fingerprint density at radius 1 is 1.04 bits per heavy atom. The minimum absolute atomic E-state index is 0.128. The van der Waals surface area contributed by atoms with E-state index >= 15 is 0 Å². The molecule has 7 nitrogen and oxygen atoms in total. The van der Waals surface area contributed by atoms with Crippen LogP contribution in [0.5, 0.6) is 0 Å². The van der Waals surface area contributed by atoms with Crippen molar-refractivity contribution in [3.05, 3.63) is 0 Å². The Hall–Kier alpha value is -1.79. The number of rotatable bonds is 8. The number of alkyl carbamates (subject to hydrolysis) is 1. The summed E-state index contributed by atoms with van der Waals surface area (Å²) in [5.41, 5.74) is -0.649. The van der Waals surface area contributed by atoms with Crippen LogP contribution in [0, 0.1) is 5.92 Å². The molecule has 2 amide bonds. The van der Waals surface area contributed by atoms with Gasteiger partial charge in [0, 0.05) is 0 Å². The predicted octanol–water partition coefficient (Wildman–Crippen LogP) is 2.38. The summed E-state index contributed by atoms with van der Waals surface area (Å²) in [5, 5.41) is 5.07. The van der Waals surface area contributed by atoms with Gasteiger partial charge in [0.2, 0.25) is 5.91 Å². The third-order valence-electron chi connectivity index (χ3n) is 3.09. The van der Waals surface area contributed by atoms with Gasteiger partial charge in [-0.25, -0.2) is 9.59 Å². The number of hydrogen-bond donors (Lipinski definition) is 2. The fraction of sp³-hybridized carbons (Fsp3) is 0.824. The summed E-state index contributed by atoms with van der Waals surface area (Å²) >= 11 is 0. The number of nitrogens with one attached hydrogen (secondary N) is 2. The summed E-state index contributed by atoms with van der Waals surface area (Å²) in [6.07, 6.45) is 1.01. The highest BCUT2D eigenvalue weighted by Gasteiger charge is 2.28. The minimum atomic E-state index is -0.829. The quantitative estimate of drug-likeness (QED) is 0.521. The first-order valence-corrected chi connectivity index (χ1v) is 8.44. The molecule has 0 aliphatic rings. The highest BCUT2D eigenvalue weighted by atomic mass is 16.6. The summed E-state index contributed by atoms with van der Waals surface area (Å²) in [4.78, 5) is 36.0. The molecule has 0 spiro atoms. The van der Waals surface area contributed by atoms with Gasteiger partial charge in [-0.05, 0) is 40.0 Å². The van der Waals surface area contributed by atoms with Gasteiger partial charge in [-0.2, -0.15) is 0 Å². The highest BCUT2D eigenvalue weighted by molar-refractivity contribution is 5.89. The average Bonchev–Trinajstić information content (AvgIpc) is 2.41. The van der Waals surface area contributed by atoms with E-state index in [0.29, 0.717) is 6.61 Å². The van der Waals surface area contributed by atoms with E-state index in [0.717, 1.165) is 12.8 Å². The molecule has 0 saturated carbocycles. The maximum Gasteiger partial charge on any atom is 0.408 e. The van der Waals surface area contributed by atoms with Crippen molar-refractivity contribution in [1.82, 2.24) is 10.6 Å². The Morgan fingerprint density at radius 2 is 1.62 bits per heavy atom. The Kier molecular flexibility index (Phi) is 9.40. The molecule has 0 radical (unpaired) electrons. The van der Waals surface area contributed by atoms with Crippen molar-refractivity contribution in [2.45, 2.75) is 79.0 Å². The van der Waals surface area contributed by atoms with Crippen LogP contribution in [-0.4, -0.2) is 42.3 Å². The molecule has 24 heavy (non-hydrogen) atoms. The van der Waals surface area contributed by atoms with E-state index in [2.05, 4.69) is 10.6 Å². The zero-order valence-corrected chi connectivity index (χ0v) is 15.9. The smallest absolute Gasteiger partial charge is 0.408 e. The number of unbranched alkanes of at least 4 members (excludes halogenated alkanes) is 1. The molecule has 0 saturated heterocycles. The zero-order chi connectivity index (χ0) is 18.9. The van der Waals surface area contributed by atoms with Gasteiger partial charge >= 0.3 is 12.1 Å². The highest BCUT2D eigenvalue weighted by Crippen LogP contribution is 2.08. The van der Waals surface area contributed by atoms with Gasteiger partial charge in [0.05, 0.1) is 6.61 Å². The van der Waals surface area contributed by atoms with Crippen LogP contribution in [0.3, 0.4) is 0 Å². The maximum atomic E-state index is 12.2. The molecule has 2 N–H and O–H groups in total. The van der Waals surface area contributed by atoms with Gasteiger partial charge in [-0.1, -0.05) is 27.2 Å². The Bertz CT molecular complexity index is 429. The normalized spacial score (nSPS) is 13.8. The first-order valence-electron chi connectivity index (χ1n) is 8.44. The van der Waals surface area contributed by atoms with Gasteiger partial charge in [0.25, 0.3) is 0 Å².